The van der Waals surface area contributed by atoms with Crippen LogP contribution in [-0.4, -0.2) is 60.0 Å². The van der Waals surface area contributed by atoms with Crippen LogP contribution in [0.15, 0.2) is 0 Å². The smallest absolute Gasteiger partial charge is 0.233 e. The number of hydrogen-bond donors (Lipinski definition) is 3. The zero-order chi connectivity index (χ0) is 15.0. The number of sulfonamides is 1. The Bertz CT molecular complexity index is 405. The maximum Gasteiger partial charge on any atom is 0.233 e. The fourth-order valence-electron chi connectivity index (χ4n) is 2.39. The Morgan fingerprint density at radius 1 is 1.33 bits per heavy atom. The largest absolute Gasteiger partial charge is 0.383 e. The molecule has 2 unspecified atom stereocenters. The molecule has 1 amide bonds. The first-order valence-corrected chi connectivity index (χ1v) is 8.75. The molecule has 1 rings (SSSR count). The van der Waals surface area contributed by atoms with E-state index in [1.165, 1.54) is 6.26 Å². The van der Waals surface area contributed by atoms with Crippen molar-refractivity contribution in [2.75, 3.05) is 39.6 Å². The number of ether oxygens (including phenoxy) is 1. The first-order chi connectivity index (χ1) is 9.42. The van der Waals surface area contributed by atoms with Gasteiger partial charge in [-0.1, -0.05) is 6.42 Å². The van der Waals surface area contributed by atoms with Gasteiger partial charge in [0.15, 0.2) is 0 Å². The molecule has 0 saturated heterocycles. The molecule has 0 bridgehead atoms. The van der Waals surface area contributed by atoms with E-state index in [2.05, 4.69) is 15.4 Å². The molecule has 126 valence electrons. The molecule has 0 aromatic rings. The van der Waals surface area contributed by atoms with Gasteiger partial charge >= 0.3 is 0 Å². The number of amides is 1. The summed E-state index contributed by atoms with van der Waals surface area (Å²) in [4.78, 5) is 11.6. The van der Waals surface area contributed by atoms with Gasteiger partial charge in [-0.25, -0.2) is 13.1 Å². The van der Waals surface area contributed by atoms with Gasteiger partial charge in [-0.2, -0.15) is 0 Å². The molecule has 0 heterocycles. The number of rotatable bonds is 9. The van der Waals surface area contributed by atoms with Crippen LogP contribution in [-0.2, 0) is 19.6 Å². The van der Waals surface area contributed by atoms with Crippen molar-refractivity contribution < 1.29 is 17.9 Å². The normalized spacial score (nSPS) is 21.8. The highest BCUT2D eigenvalue weighted by atomic mass is 35.5. The van der Waals surface area contributed by atoms with Crippen molar-refractivity contribution in [1.82, 2.24) is 15.4 Å². The van der Waals surface area contributed by atoms with Crippen molar-refractivity contribution in [2.24, 2.45) is 5.92 Å². The quantitative estimate of drug-likeness (QED) is 0.489. The van der Waals surface area contributed by atoms with Crippen molar-refractivity contribution in [3.63, 3.8) is 0 Å². The molecule has 9 heteroatoms. The van der Waals surface area contributed by atoms with Crippen molar-refractivity contribution in [1.29, 1.82) is 0 Å². The standard InChI is InChI=1S/C12H25N3O4S.ClH/c1-19-7-6-13-9-12(16)14-8-10-4-3-5-11(10)15-20(2,17)18;/h10-11,13,15H,3-9H2,1-2H3,(H,14,16);1H. The maximum absolute atomic E-state index is 11.6. The van der Waals surface area contributed by atoms with Gasteiger partial charge in [0.2, 0.25) is 15.9 Å². The summed E-state index contributed by atoms with van der Waals surface area (Å²) in [5, 5.41) is 5.80. The van der Waals surface area contributed by atoms with Crippen molar-refractivity contribution in [2.45, 2.75) is 25.3 Å². The van der Waals surface area contributed by atoms with E-state index in [9.17, 15) is 13.2 Å². The lowest BCUT2D eigenvalue weighted by molar-refractivity contribution is -0.120. The topological polar surface area (TPSA) is 96.5 Å². The van der Waals surface area contributed by atoms with Crippen molar-refractivity contribution in [3.05, 3.63) is 0 Å². The fourth-order valence-corrected chi connectivity index (χ4v) is 3.26. The Morgan fingerprint density at radius 2 is 2.05 bits per heavy atom. The zero-order valence-corrected chi connectivity index (χ0v) is 14.2. The van der Waals surface area contributed by atoms with Crippen LogP contribution in [0.1, 0.15) is 19.3 Å². The minimum Gasteiger partial charge on any atom is -0.383 e. The van der Waals surface area contributed by atoms with E-state index in [4.69, 9.17) is 4.74 Å². The molecule has 0 spiro atoms. The number of hydrogen-bond acceptors (Lipinski definition) is 5. The molecule has 0 aromatic carbocycles. The molecule has 1 saturated carbocycles. The molecule has 1 aliphatic carbocycles. The minimum atomic E-state index is -3.19. The lowest BCUT2D eigenvalue weighted by Crippen LogP contribution is -2.43. The molecule has 0 aliphatic heterocycles. The second-order valence-electron chi connectivity index (χ2n) is 5.16. The molecule has 3 N–H and O–H groups in total. The highest BCUT2D eigenvalue weighted by Crippen LogP contribution is 2.25. The van der Waals surface area contributed by atoms with Crippen molar-refractivity contribution in [3.8, 4) is 0 Å². The van der Waals surface area contributed by atoms with E-state index in [1.807, 2.05) is 0 Å². The summed E-state index contributed by atoms with van der Waals surface area (Å²) in [7, 11) is -1.58. The third-order valence-corrected chi connectivity index (χ3v) is 4.09. The summed E-state index contributed by atoms with van der Waals surface area (Å²) in [5.74, 6) is 0.0961. The molecule has 1 fully saturated rings. The summed E-state index contributed by atoms with van der Waals surface area (Å²) >= 11 is 0. The molecule has 7 nitrogen and oxygen atoms in total. The van der Waals surface area contributed by atoms with Gasteiger partial charge < -0.3 is 15.4 Å². The summed E-state index contributed by atoms with van der Waals surface area (Å²) in [6, 6.07) is -0.0632. The number of carbonyl (C=O) groups is 1. The Hall–Kier alpha value is -0.410. The third-order valence-electron chi connectivity index (χ3n) is 3.35. The van der Waals surface area contributed by atoms with Crippen LogP contribution in [0.5, 0.6) is 0 Å². The second-order valence-corrected chi connectivity index (χ2v) is 6.94. The monoisotopic (exact) mass is 343 g/mol. The lowest BCUT2D eigenvalue weighted by Gasteiger charge is -2.20. The molecule has 0 aromatic heterocycles. The van der Waals surface area contributed by atoms with Crippen LogP contribution in [0.25, 0.3) is 0 Å². The Kier molecular flexibility index (Phi) is 10.1. The third kappa shape index (κ3) is 9.26. The van der Waals surface area contributed by atoms with Crippen LogP contribution in [0.4, 0.5) is 0 Å². The first-order valence-electron chi connectivity index (χ1n) is 6.86. The lowest BCUT2D eigenvalue weighted by atomic mass is 10.0. The number of carbonyl (C=O) groups excluding carboxylic acids is 1. The van der Waals surface area contributed by atoms with Gasteiger partial charge in [-0.15, -0.1) is 12.4 Å². The summed E-state index contributed by atoms with van der Waals surface area (Å²) in [5.41, 5.74) is 0. The molecule has 21 heavy (non-hydrogen) atoms. The zero-order valence-electron chi connectivity index (χ0n) is 12.6. The maximum atomic E-state index is 11.6. The highest BCUT2D eigenvalue weighted by Gasteiger charge is 2.29. The molecule has 2 atom stereocenters. The number of methoxy groups -OCH3 is 1. The van der Waals surface area contributed by atoms with Gasteiger partial charge in [0.05, 0.1) is 19.4 Å². The minimum absolute atomic E-state index is 0. The highest BCUT2D eigenvalue weighted by molar-refractivity contribution is 7.88. The van der Waals surface area contributed by atoms with E-state index in [0.717, 1.165) is 19.3 Å². The Morgan fingerprint density at radius 3 is 2.67 bits per heavy atom. The first kappa shape index (κ1) is 20.6. The number of nitrogens with one attached hydrogen (secondary N) is 3. The SMILES string of the molecule is COCCNCC(=O)NCC1CCCC1NS(C)(=O)=O.Cl. The predicted molar refractivity (Wildman–Crippen MR) is 84.1 cm³/mol. The molecule has 1 aliphatic rings. The average Bonchev–Trinajstić information content (AvgIpc) is 2.77. The molecular weight excluding hydrogens is 318 g/mol. The van der Waals surface area contributed by atoms with Crippen LogP contribution in [0, 0.1) is 5.92 Å². The van der Waals surface area contributed by atoms with Crippen LogP contribution < -0.4 is 15.4 Å². The molecular formula is C12H26ClN3O4S. The summed E-state index contributed by atoms with van der Waals surface area (Å²) in [6.07, 6.45) is 3.92. The van der Waals surface area contributed by atoms with Crippen molar-refractivity contribution >= 4 is 28.3 Å². The van der Waals surface area contributed by atoms with Crippen LogP contribution in [0.3, 0.4) is 0 Å². The van der Waals surface area contributed by atoms with E-state index in [-0.39, 0.29) is 36.8 Å². The average molecular weight is 344 g/mol. The van der Waals surface area contributed by atoms with E-state index in [1.54, 1.807) is 7.11 Å². The van der Waals surface area contributed by atoms with Gasteiger partial charge in [0.1, 0.15) is 0 Å². The fraction of sp³-hybridized carbons (Fsp3) is 0.917. The van der Waals surface area contributed by atoms with Gasteiger partial charge in [0, 0.05) is 26.2 Å². The van der Waals surface area contributed by atoms with Gasteiger partial charge in [-0.05, 0) is 18.8 Å². The van der Waals surface area contributed by atoms with Crippen LogP contribution in [0.2, 0.25) is 0 Å². The summed E-state index contributed by atoms with van der Waals surface area (Å²) < 4.78 is 30.0. The van der Waals surface area contributed by atoms with Crippen LogP contribution >= 0.6 is 12.4 Å². The number of halogens is 1. The van der Waals surface area contributed by atoms with E-state index >= 15 is 0 Å². The van der Waals surface area contributed by atoms with E-state index in [0.29, 0.717) is 19.7 Å². The van der Waals surface area contributed by atoms with Gasteiger partial charge in [0.25, 0.3) is 0 Å². The molecule has 0 radical (unpaired) electrons. The Labute approximate surface area is 133 Å². The van der Waals surface area contributed by atoms with Gasteiger partial charge in [-0.3, -0.25) is 4.79 Å². The second kappa shape index (κ2) is 10.3. The predicted octanol–water partition coefficient (Wildman–Crippen LogP) is -0.522. The Balaban J connectivity index is 0.00000400. The van der Waals surface area contributed by atoms with E-state index < -0.39 is 10.0 Å². The summed E-state index contributed by atoms with van der Waals surface area (Å²) in [6.45, 7) is 1.96.